The number of hydrogen-bond donors (Lipinski definition) is 2. The Labute approximate surface area is 116 Å². The van der Waals surface area contributed by atoms with E-state index < -0.39 is 17.7 Å². The van der Waals surface area contributed by atoms with E-state index in [9.17, 15) is 14.0 Å². The molecule has 1 amide bonds. The van der Waals surface area contributed by atoms with E-state index in [4.69, 9.17) is 5.11 Å². The third-order valence-electron chi connectivity index (χ3n) is 3.28. The molecule has 2 rings (SSSR count). The summed E-state index contributed by atoms with van der Waals surface area (Å²) in [6, 6.07) is 4.36. The summed E-state index contributed by atoms with van der Waals surface area (Å²) in [5, 5.41) is 10.9. The maximum atomic E-state index is 14.0. The Morgan fingerprint density at radius 3 is 2.60 bits per heavy atom. The van der Waals surface area contributed by atoms with Gasteiger partial charge in [-0.25, -0.2) is 4.39 Å². The van der Waals surface area contributed by atoms with Crippen LogP contribution in [0.3, 0.4) is 0 Å². The normalized spacial score (nSPS) is 14.3. The van der Waals surface area contributed by atoms with Crippen LogP contribution in [0.4, 0.5) is 10.1 Å². The lowest BCUT2D eigenvalue weighted by Gasteiger charge is -2.18. The van der Waals surface area contributed by atoms with Crippen molar-refractivity contribution >= 4 is 17.6 Å². The van der Waals surface area contributed by atoms with Gasteiger partial charge in [0.05, 0.1) is 12.1 Å². The highest BCUT2D eigenvalue weighted by molar-refractivity contribution is 5.94. The SMILES string of the molecule is O=C(O)CCNC(=O)c1ccc(N2CCCC2)c(F)c1. The van der Waals surface area contributed by atoms with Crippen molar-refractivity contribution in [3.05, 3.63) is 29.6 Å². The largest absolute Gasteiger partial charge is 0.481 e. The van der Waals surface area contributed by atoms with Gasteiger partial charge >= 0.3 is 5.97 Å². The van der Waals surface area contributed by atoms with Crippen LogP contribution in [0, 0.1) is 5.82 Å². The molecule has 0 radical (unpaired) electrons. The summed E-state index contributed by atoms with van der Waals surface area (Å²) in [4.78, 5) is 24.0. The Morgan fingerprint density at radius 1 is 1.30 bits per heavy atom. The average molecular weight is 280 g/mol. The first kappa shape index (κ1) is 14.3. The van der Waals surface area contributed by atoms with Gasteiger partial charge in [-0.2, -0.15) is 0 Å². The number of carbonyl (C=O) groups excluding carboxylic acids is 1. The molecule has 1 aliphatic rings. The molecule has 0 saturated carbocycles. The summed E-state index contributed by atoms with van der Waals surface area (Å²) < 4.78 is 14.0. The van der Waals surface area contributed by atoms with Crippen molar-refractivity contribution < 1.29 is 19.1 Å². The highest BCUT2D eigenvalue weighted by Crippen LogP contribution is 2.24. The Kier molecular flexibility index (Phi) is 4.55. The molecule has 0 aromatic heterocycles. The highest BCUT2D eigenvalue weighted by atomic mass is 19.1. The van der Waals surface area contributed by atoms with Crippen molar-refractivity contribution in [3.8, 4) is 0 Å². The fraction of sp³-hybridized carbons (Fsp3) is 0.429. The third-order valence-corrected chi connectivity index (χ3v) is 3.28. The van der Waals surface area contributed by atoms with Gasteiger partial charge in [-0.3, -0.25) is 9.59 Å². The molecule has 0 unspecified atom stereocenters. The Hall–Kier alpha value is -2.11. The standard InChI is InChI=1S/C14H17FN2O3/c15-11-9-10(14(20)16-6-5-13(18)19)3-4-12(11)17-7-1-2-8-17/h3-4,9H,1-2,5-8H2,(H,16,20)(H,18,19). The summed E-state index contributed by atoms with van der Waals surface area (Å²) in [5.41, 5.74) is 0.723. The monoisotopic (exact) mass is 280 g/mol. The van der Waals surface area contributed by atoms with Crippen LogP contribution in [0.2, 0.25) is 0 Å². The minimum Gasteiger partial charge on any atom is -0.481 e. The lowest BCUT2D eigenvalue weighted by molar-refractivity contribution is -0.136. The molecule has 1 aromatic rings. The molecule has 6 heteroatoms. The molecule has 1 aliphatic heterocycles. The van der Waals surface area contributed by atoms with E-state index >= 15 is 0 Å². The molecule has 0 bridgehead atoms. The molecular formula is C14H17FN2O3. The zero-order valence-electron chi connectivity index (χ0n) is 11.1. The first-order chi connectivity index (χ1) is 9.58. The summed E-state index contributed by atoms with van der Waals surface area (Å²) in [5.74, 6) is -1.86. The number of carboxylic acids is 1. The van der Waals surface area contributed by atoms with Crippen LogP contribution in [-0.4, -0.2) is 36.6 Å². The van der Waals surface area contributed by atoms with Gasteiger partial charge in [-0.05, 0) is 31.0 Å². The summed E-state index contributed by atoms with van der Waals surface area (Å²) in [7, 11) is 0. The zero-order chi connectivity index (χ0) is 14.5. The molecule has 1 saturated heterocycles. The number of hydrogen-bond acceptors (Lipinski definition) is 3. The van der Waals surface area contributed by atoms with Crippen molar-refractivity contribution in [2.75, 3.05) is 24.5 Å². The van der Waals surface area contributed by atoms with Crippen LogP contribution in [0.15, 0.2) is 18.2 Å². The van der Waals surface area contributed by atoms with E-state index in [1.54, 1.807) is 12.1 Å². The van der Waals surface area contributed by atoms with Crippen LogP contribution in [-0.2, 0) is 4.79 Å². The topological polar surface area (TPSA) is 69.6 Å². The van der Waals surface area contributed by atoms with Gasteiger partial charge in [0.2, 0.25) is 0 Å². The first-order valence-electron chi connectivity index (χ1n) is 6.62. The summed E-state index contributed by atoms with van der Waals surface area (Å²) >= 11 is 0. The number of nitrogens with one attached hydrogen (secondary N) is 1. The molecular weight excluding hydrogens is 263 g/mol. The van der Waals surface area contributed by atoms with E-state index in [1.165, 1.54) is 6.07 Å². The molecule has 1 fully saturated rings. The number of anilines is 1. The predicted octanol–water partition coefficient (Wildman–Crippen LogP) is 1.63. The fourth-order valence-electron chi connectivity index (χ4n) is 2.25. The molecule has 20 heavy (non-hydrogen) atoms. The van der Waals surface area contributed by atoms with Crippen LogP contribution >= 0.6 is 0 Å². The molecule has 0 aliphatic carbocycles. The summed E-state index contributed by atoms with van der Waals surface area (Å²) in [6.07, 6.45) is 1.95. The summed E-state index contributed by atoms with van der Waals surface area (Å²) in [6.45, 7) is 1.70. The Morgan fingerprint density at radius 2 is 2.00 bits per heavy atom. The van der Waals surface area contributed by atoms with E-state index in [1.807, 2.05) is 4.90 Å². The predicted molar refractivity (Wildman–Crippen MR) is 72.4 cm³/mol. The zero-order valence-corrected chi connectivity index (χ0v) is 11.1. The first-order valence-corrected chi connectivity index (χ1v) is 6.62. The average Bonchev–Trinajstić information content (AvgIpc) is 2.91. The van der Waals surface area contributed by atoms with E-state index in [0.29, 0.717) is 5.69 Å². The fourth-order valence-corrected chi connectivity index (χ4v) is 2.25. The minimum absolute atomic E-state index is 0.0314. The highest BCUT2D eigenvalue weighted by Gasteiger charge is 2.17. The van der Waals surface area contributed by atoms with Crippen LogP contribution in [0.1, 0.15) is 29.6 Å². The van der Waals surface area contributed by atoms with Crippen molar-refractivity contribution in [1.82, 2.24) is 5.32 Å². The van der Waals surface area contributed by atoms with Crippen LogP contribution < -0.4 is 10.2 Å². The molecule has 0 atom stereocenters. The van der Waals surface area contributed by atoms with Gasteiger partial charge in [0.25, 0.3) is 5.91 Å². The lowest BCUT2D eigenvalue weighted by atomic mass is 10.1. The van der Waals surface area contributed by atoms with E-state index in [-0.39, 0.29) is 18.5 Å². The second-order valence-corrected chi connectivity index (χ2v) is 4.76. The quantitative estimate of drug-likeness (QED) is 0.860. The van der Waals surface area contributed by atoms with E-state index in [2.05, 4.69) is 5.32 Å². The van der Waals surface area contributed by atoms with Gasteiger partial charge in [0.1, 0.15) is 5.82 Å². The number of carbonyl (C=O) groups is 2. The van der Waals surface area contributed by atoms with Gasteiger partial charge in [-0.1, -0.05) is 0 Å². The molecule has 2 N–H and O–H groups in total. The second-order valence-electron chi connectivity index (χ2n) is 4.76. The number of rotatable bonds is 5. The number of benzene rings is 1. The lowest BCUT2D eigenvalue weighted by Crippen LogP contribution is -2.26. The van der Waals surface area contributed by atoms with Gasteiger partial charge in [0.15, 0.2) is 0 Å². The molecule has 1 heterocycles. The van der Waals surface area contributed by atoms with Gasteiger partial charge < -0.3 is 15.3 Å². The Bertz CT molecular complexity index is 513. The van der Waals surface area contributed by atoms with Crippen LogP contribution in [0.25, 0.3) is 0 Å². The Balaban J connectivity index is 2.00. The molecule has 1 aromatic carbocycles. The van der Waals surface area contributed by atoms with Crippen molar-refractivity contribution in [3.63, 3.8) is 0 Å². The van der Waals surface area contributed by atoms with Crippen molar-refractivity contribution in [2.45, 2.75) is 19.3 Å². The number of amides is 1. The smallest absolute Gasteiger partial charge is 0.305 e. The van der Waals surface area contributed by atoms with Gasteiger partial charge in [0, 0.05) is 25.2 Å². The molecule has 0 spiro atoms. The van der Waals surface area contributed by atoms with Crippen molar-refractivity contribution in [2.24, 2.45) is 0 Å². The molecule has 5 nitrogen and oxygen atoms in total. The number of nitrogens with zero attached hydrogens (tertiary/aromatic N) is 1. The van der Waals surface area contributed by atoms with Gasteiger partial charge in [-0.15, -0.1) is 0 Å². The van der Waals surface area contributed by atoms with Crippen molar-refractivity contribution in [1.29, 1.82) is 0 Å². The maximum absolute atomic E-state index is 14.0. The second kappa shape index (κ2) is 6.36. The third kappa shape index (κ3) is 3.46. The number of aliphatic carboxylic acids is 1. The maximum Gasteiger partial charge on any atom is 0.305 e. The van der Waals surface area contributed by atoms with E-state index in [0.717, 1.165) is 25.9 Å². The number of carboxylic acid groups (broad SMARTS) is 1. The number of halogens is 1. The van der Waals surface area contributed by atoms with Crippen LogP contribution in [0.5, 0.6) is 0 Å². The minimum atomic E-state index is -0.985. The molecule has 108 valence electrons.